The van der Waals surface area contributed by atoms with Crippen molar-refractivity contribution in [2.45, 2.75) is 57.3 Å². The number of nitrogens with one attached hydrogen (secondary N) is 1. The Morgan fingerprint density at radius 1 is 1.17 bits per heavy atom. The highest BCUT2D eigenvalue weighted by Gasteiger charge is 2.45. The lowest BCUT2D eigenvalue weighted by Crippen LogP contribution is -2.58. The second kappa shape index (κ2) is 5.71. The molecule has 1 N–H and O–H groups in total. The molecule has 2 aliphatic rings. The van der Waals surface area contributed by atoms with Crippen LogP contribution in [0.1, 0.15) is 45.1 Å². The molecule has 1 aliphatic heterocycles. The van der Waals surface area contributed by atoms with Gasteiger partial charge < -0.3 is 9.72 Å². The van der Waals surface area contributed by atoms with Crippen LogP contribution in [0.25, 0.3) is 10.9 Å². The molecule has 4 heteroatoms. The average molecular weight is 326 g/mol. The summed E-state index contributed by atoms with van der Waals surface area (Å²) < 4.78 is 6.46. The lowest BCUT2D eigenvalue weighted by atomic mass is 9.94. The summed E-state index contributed by atoms with van der Waals surface area (Å²) in [5.41, 5.74) is 1.61. The Hall–Kier alpha value is -1.65. The molecule has 4 nitrogen and oxygen atoms in total. The van der Waals surface area contributed by atoms with E-state index >= 15 is 0 Å². The molecule has 0 atom stereocenters. The average Bonchev–Trinajstić information content (AvgIpc) is 2.93. The molecule has 0 bridgehead atoms. The van der Waals surface area contributed by atoms with Crippen LogP contribution in [0.15, 0.2) is 35.1 Å². The minimum Gasteiger partial charge on any atom is -0.366 e. The van der Waals surface area contributed by atoms with E-state index in [2.05, 4.69) is 29.8 Å². The minimum atomic E-state index is -0.161. The molecule has 24 heavy (non-hydrogen) atoms. The summed E-state index contributed by atoms with van der Waals surface area (Å²) in [6, 6.07) is 10.0. The third kappa shape index (κ3) is 3.01. The summed E-state index contributed by atoms with van der Waals surface area (Å²) in [5.74, 6) is 0. The van der Waals surface area contributed by atoms with E-state index in [1.54, 1.807) is 0 Å². The maximum atomic E-state index is 12.5. The number of hydrogen-bond acceptors (Lipinski definition) is 3. The number of H-pyrrole nitrogens is 1. The van der Waals surface area contributed by atoms with Gasteiger partial charge in [0.25, 0.3) is 5.56 Å². The highest BCUT2D eigenvalue weighted by Crippen LogP contribution is 2.40. The molecule has 1 aliphatic carbocycles. The number of nitrogens with zero attached hydrogens (tertiary/aromatic N) is 1. The first-order valence-electron chi connectivity index (χ1n) is 8.98. The Bertz CT molecular complexity index is 803. The molecular formula is C20H26N2O2. The van der Waals surface area contributed by atoms with Gasteiger partial charge >= 0.3 is 0 Å². The molecule has 1 spiro atoms. The molecule has 4 rings (SSSR count). The van der Waals surface area contributed by atoms with Crippen LogP contribution < -0.4 is 5.56 Å². The molecule has 1 aromatic heterocycles. The summed E-state index contributed by atoms with van der Waals surface area (Å²) in [6.07, 6.45) is 4.78. The molecule has 2 fully saturated rings. The van der Waals surface area contributed by atoms with Crippen molar-refractivity contribution < 1.29 is 4.74 Å². The van der Waals surface area contributed by atoms with Crippen LogP contribution in [0.4, 0.5) is 0 Å². The van der Waals surface area contributed by atoms with Gasteiger partial charge in [0.1, 0.15) is 0 Å². The van der Waals surface area contributed by atoms with Crippen LogP contribution >= 0.6 is 0 Å². The number of aromatic amines is 1. The van der Waals surface area contributed by atoms with Crippen LogP contribution in [-0.4, -0.2) is 34.2 Å². The topological polar surface area (TPSA) is 45.3 Å². The Labute approximate surface area is 142 Å². The molecule has 0 unspecified atom stereocenters. The van der Waals surface area contributed by atoms with E-state index < -0.39 is 0 Å². The Morgan fingerprint density at radius 3 is 2.71 bits per heavy atom. The number of ether oxygens (including phenoxy) is 1. The number of para-hydroxylation sites is 1. The number of hydrogen-bond donors (Lipinski definition) is 1. The van der Waals surface area contributed by atoms with E-state index in [-0.39, 0.29) is 16.8 Å². The van der Waals surface area contributed by atoms with Gasteiger partial charge in [0.2, 0.25) is 0 Å². The fourth-order valence-corrected chi connectivity index (χ4v) is 4.59. The standard InChI is InChI=1S/C20H26N2O2/c1-19(2)13-22(14-20(24-19)9-5-6-10-20)12-16-11-15-7-3-4-8-17(15)21-18(16)23/h3-4,7-8,11H,5-6,9-10,12-14H2,1-2H3,(H,21,23). The number of morpholine rings is 1. The zero-order chi connectivity index (χ0) is 16.8. The Morgan fingerprint density at radius 2 is 1.92 bits per heavy atom. The predicted octanol–water partition coefficient (Wildman–Crippen LogP) is 3.45. The summed E-state index contributed by atoms with van der Waals surface area (Å²) in [7, 11) is 0. The first-order chi connectivity index (χ1) is 11.4. The fraction of sp³-hybridized carbons (Fsp3) is 0.550. The van der Waals surface area contributed by atoms with Crippen LogP contribution in [0, 0.1) is 0 Å². The fourth-order valence-electron chi connectivity index (χ4n) is 4.59. The Kier molecular flexibility index (Phi) is 3.77. The third-order valence-corrected chi connectivity index (χ3v) is 5.35. The van der Waals surface area contributed by atoms with Crippen molar-refractivity contribution in [2.24, 2.45) is 0 Å². The molecule has 1 saturated heterocycles. The SMILES string of the molecule is CC1(C)CN(Cc2cc3ccccc3[nH]c2=O)CC2(CCCC2)O1. The zero-order valence-corrected chi connectivity index (χ0v) is 14.6. The molecule has 2 aromatic rings. The van der Waals surface area contributed by atoms with Crippen molar-refractivity contribution in [3.05, 3.63) is 46.2 Å². The minimum absolute atomic E-state index is 0.00857. The number of benzene rings is 1. The van der Waals surface area contributed by atoms with Gasteiger partial charge in [-0.15, -0.1) is 0 Å². The second-order valence-electron chi connectivity index (χ2n) is 8.11. The van der Waals surface area contributed by atoms with E-state index in [0.717, 1.165) is 42.4 Å². The maximum absolute atomic E-state index is 12.5. The van der Waals surface area contributed by atoms with Crippen molar-refractivity contribution in [3.8, 4) is 0 Å². The summed E-state index contributed by atoms with van der Waals surface area (Å²) >= 11 is 0. The van der Waals surface area contributed by atoms with Gasteiger partial charge in [-0.25, -0.2) is 0 Å². The van der Waals surface area contributed by atoms with Gasteiger partial charge in [-0.1, -0.05) is 31.0 Å². The monoisotopic (exact) mass is 326 g/mol. The molecule has 1 aromatic carbocycles. The summed E-state index contributed by atoms with van der Waals surface area (Å²) in [5, 5.41) is 1.09. The van der Waals surface area contributed by atoms with Gasteiger partial charge in [-0.2, -0.15) is 0 Å². The van der Waals surface area contributed by atoms with E-state index in [0.29, 0.717) is 6.54 Å². The smallest absolute Gasteiger partial charge is 0.252 e. The Balaban J connectivity index is 1.62. The van der Waals surface area contributed by atoms with Gasteiger partial charge in [0, 0.05) is 30.7 Å². The largest absolute Gasteiger partial charge is 0.366 e. The van der Waals surface area contributed by atoms with Crippen LogP contribution in [0.2, 0.25) is 0 Å². The van der Waals surface area contributed by atoms with Crippen molar-refractivity contribution in [2.75, 3.05) is 13.1 Å². The van der Waals surface area contributed by atoms with Crippen LogP contribution in [0.3, 0.4) is 0 Å². The maximum Gasteiger partial charge on any atom is 0.252 e. The zero-order valence-electron chi connectivity index (χ0n) is 14.6. The first-order valence-corrected chi connectivity index (χ1v) is 8.98. The molecule has 0 radical (unpaired) electrons. The van der Waals surface area contributed by atoms with Crippen molar-refractivity contribution in [3.63, 3.8) is 0 Å². The number of rotatable bonds is 2. The van der Waals surface area contributed by atoms with Crippen molar-refractivity contribution >= 4 is 10.9 Å². The number of pyridine rings is 1. The summed E-state index contributed by atoms with van der Waals surface area (Å²) in [6.45, 7) is 6.83. The van der Waals surface area contributed by atoms with Gasteiger partial charge in [0.05, 0.1) is 11.2 Å². The number of aromatic nitrogens is 1. The molecule has 128 valence electrons. The van der Waals surface area contributed by atoms with Crippen LogP contribution in [-0.2, 0) is 11.3 Å². The molecular weight excluding hydrogens is 300 g/mol. The van der Waals surface area contributed by atoms with Gasteiger partial charge in [-0.05, 0) is 44.2 Å². The van der Waals surface area contributed by atoms with Gasteiger partial charge in [0.15, 0.2) is 0 Å². The highest BCUT2D eigenvalue weighted by molar-refractivity contribution is 5.78. The molecule has 2 heterocycles. The lowest BCUT2D eigenvalue weighted by molar-refractivity contribution is -0.195. The van der Waals surface area contributed by atoms with Crippen LogP contribution in [0.5, 0.6) is 0 Å². The van der Waals surface area contributed by atoms with Crippen molar-refractivity contribution in [1.29, 1.82) is 0 Å². The predicted molar refractivity (Wildman–Crippen MR) is 96.2 cm³/mol. The third-order valence-electron chi connectivity index (χ3n) is 5.35. The lowest BCUT2D eigenvalue weighted by Gasteiger charge is -2.48. The van der Waals surface area contributed by atoms with Crippen molar-refractivity contribution in [1.82, 2.24) is 9.88 Å². The van der Waals surface area contributed by atoms with Gasteiger partial charge in [-0.3, -0.25) is 9.69 Å². The number of fused-ring (bicyclic) bond motifs is 1. The highest BCUT2D eigenvalue weighted by atomic mass is 16.5. The van der Waals surface area contributed by atoms with E-state index in [9.17, 15) is 4.79 Å². The normalized spacial score (nSPS) is 23.1. The first kappa shape index (κ1) is 15.9. The second-order valence-corrected chi connectivity index (χ2v) is 8.11. The molecule has 1 saturated carbocycles. The van der Waals surface area contributed by atoms with E-state index in [4.69, 9.17) is 4.74 Å². The van der Waals surface area contributed by atoms with E-state index in [1.165, 1.54) is 12.8 Å². The molecule has 0 amide bonds. The summed E-state index contributed by atoms with van der Waals surface area (Å²) in [4.78, 5) is 17.9. The quantitative estimate of drug-likeness (QED) is 0.919. The van der Waals surface area contributed by atoms with E-state index in [1.807, 2.05) is 24.3 Å².